The van der Waals surface area contributed by atoms with Gasteiger partial charge in [-0.05, 0) is 62.6 Å². The van der Waals surface area contributed by atoms with Crippen molar-refractivity contribution < 1.29 is 35.3 Å². The van der Waals surface area contributed by atoms with Crippen molar-refractivity contribution in [2.45, 2.75) is 77.0 Å². The average molecular weight is 530 g/mol. The predicted octanol–water partition coefficient (Wildman–Crippen LogP) is 6.44. The van der Waals surface area contributed by atoms with Crippen molar-refractivity contribution >= 4 is 16.0 Å². The van der Waals surface area contributed by atoms with Crippen LogP contribution >= 0.6 is 0 Å². The fraction of sp³-hybridized carbons (Fsp3) is 0.500. The number of ether oxygens (including phenoxy) is 1. The van der Waals surface area contributed by atoms with Gasteiger partial charge in [-0.2, -0.15) is 21.6 Å². The molecule has 0 aliphatic rings. The lowest BCUT2D eigenvalue weighted by Crippen LogP contribution is -2.40. The summed E-state index contributed by atoms with van der Waals surface area (Å²) >= 11 is 0. The topological polar surface area (TPSA) is 72.9 Å². The number of halogens is 3. The first-order valence-electron chi connectivity index (χ1n) is 11.9. The second kappa shape index (κ2) is 12.5. The molecule has 1 amide bonds. The SMILES string of the molecule is CCCCC(CC)C(=O)N(Cc1ccc(OC)c(OS(=O)(=O)c2cccc(C(F)(F)F)c2)c1)C(C)C. The first-order valence-corrected chi connectivity index (χ1v) is 13.3. The first-order chi connectivity index (χ1) is 16.8. The smallest absolute Gasteiger partial charge is 0.416 e. The standard InChI is InChI=1S/C26H34F3NO5S/c1-6-8-10-20(7-2)25(31)30(18(3)4)17-19-13-14-23(34-5)24(15-19)35-36(32,33)22-12-9-11-21(16-22)26(27,28)29/h9,11-16,18,20H,6-8,10,17H2,1-5H3. The second-order valence-corrected chi connectivity index (χ2v) is 10.4. The van der Waals surface area contributed by atoms with Gasteiger partial charge < -0.3 is 13.8 Å². The number of methoxy groups -OCH3 is 1. The number of hydrogen-bond acceptors (Lipinski definition) is 5. The summed E-state index contributed by atoms with van der Waals surface area (Å²) in [6.45, 7) is 8.08. The number of nitrogens with zero attached hydrogens (tertiary/aromatic N) is 1. The number of unbranched alkanes of at least 4 members (excludes halogenated alkanes) is 1. The lowest BCUT2D eigenvalue weighted by Gasteiger charge is -2.31. The van der Waals surface area contributed by atoms with E-state index in [0.717, 1.165) is 37.5 Å². The highest BCUT2D eigenvalue weighted by molar-refractivity contribution is 7.87. The van der Waals surface area contributed by atoms with Gasteiger partial charge in [0.1, 0.15) is 4.90 Å². The average Bonchev–Trinajstić information content (AvgIpc) is 2.82. The summed E-state index contributed by atoms with van der Waals surface area (Å²) < 4.78 is 75.3. The molecule has 0 N–H and O–H groups in total. The van der Waals surface area contributed by atoms with Gasteiger partial charge >= 0.3 is 16.3 Å². The Bertz CT molecular complexity index is 1130. The molecule has 200 valence electrons. The summed E-state index contributed by atoms with van der Waals surface area (Å²) in [6.07, 6.45) is -1.26. The van der Waals surface area contributed by atoms with E-state index in [-0.39, 0.29) is 35.9 Å². The Morgan fingerprint density at radius 2 is 1.75 bits per heavy atom. The molecule has 0 saturated carbocycles. The molecule has 0 heterocycles. The van der Waals surface area contributed by atoms with E-state index in [2.05, 4.69) is 6.92 Å². The van der Waals surface area contributed by atoms with Crippen LogP contribution in [0.5, 0.6) is 11.5 Å². The molecule has 6 nitrogen and oxygen atoms in total. The number of amides is 1. The third-order valence-corrected chi connectivity index (χ3v) is 7.12. The maximum Gasteiger partial charge on any atom is 0.416 e. The third kappa shape index (κ3) is 7.62. The monoisotopic (exact) mass is 529 g/mol. The van der Waals surface area contributed by atoms with Gasteiger partial charge in [-0.15, -0.1) is 0 Å². The maximum absolute atomic E-state index is 13.2. The predicted molar refractivity (Wildman–Crippen MR) is 131 cm³/mol. The Balaban J connectivity index is 2.36. The van der Waals surface area contributed by atoms with Crippen molar-refractivity contribution in [3.8, 4) is 11.5 Å². The van der Waals surface area contributed by atoms with Crippen LogP contribution in [0.1, 0.15) is 64.5 Å². The molecule has 0 aliphatic carbocycles. The van der Waals surface area contributed by atoms with Crippen LogP contribution in [0.2, 0.25) is 0 Å². The van der Waals surface area contributed by atoms with Crippen molar-refractivity contribution in [2.24, 2.45) is 5.92 Å². The molecule has 36 heavy (non-hydrogen) atoms. The van der Waals surface area contributed by atoms with Gasteiger partial charge in [0.2, 0.25) is 5.91 Å². The summed E-state index contributed by atoms with van der Waals surface area (Å²) in [5.74, 6) is -0.175. The molecule has 0 saturated heterocycles. The Morgan fingerprint density at radius 1 is 1.06 bits per heavy atom. The van der Waals surface area contributed by atoms with Gasteiger partial charge in [-0.25, -0.2) is 0 Å². The molecule has 0 radical (unpaired) electrons. The van der Waals surface area contributed by atoms with Gasteiger partial charge in [-0.1, -0.05) is 38.8 Å². The van der Waals surface area contributed by atoms with E-state index in [0.29, 0.717) is 18.1 Å². The molecule has 0 bridgehead atoms. The van der Waals surface area contributed by atoms with Crippen LogP contribution in [0.15, 0.2) is 47.4 Å². The lowest BCUT2D eigenvalue weighted by atomic mass is 9.97. The van der Waals surface area contributed by atoms with Crippen molar-refractivity contribution in [3.63, 3.8) is 0 Å². The molecule has 0 aliphatic heterocycles. The summed E-state index contributed by atoms with van der Waals surface area (Å²) in [6, 6.07) is 7.85. The molecule has 2 aromatic rings. The Labute approximate surface area is 211 Å². The van der Waals surface area contributed by atoms with E-state index < -0.39 is 26.8 Å². The number of carbonyl (C=O) groups excluding carboxylic acids is 1. The molecular weight excluding hydrogens is 495 g/mol. The van der Waals surface area contributed by atoms with Gasteiger partial charge in [-0.3, -0.25) is 4.79 Å². The molecule has 10 heteroatoms. The molecule has 2 rings (SSSR count). The maximum atomic E-state index is 13.2. The second-order valence-electron chi connectivity index (χ2n) is 8.86. The van der Waals surface area contributed by atoms with Gasteiger partial charge in [0, 0.05) is 18.5 Å². The van der Waals surface area contributed by atoms with Crippen LogP contribution in [-0.2, 0) is 27.6 Å². The number of carbonyl (C=O) groups is 1. The molecule has 0 aromatic heterocycles. The Morgan fingerprint density at radius 3 is 2.31 bits per heavy atom. The van der Waals surface area contributed by atoms with Crippen LogP contribution in [-0.4, -0.2) is 32.4 Å². The van der Waals surface area contributed by atoms with Crippen LogP contribution in [0, 0.1) is 5.92 Å². The highest BCUT2D eigenvalue weighted by Crippen LogP contribution is 2.34. The molecule has 1 unspecified atom stereocenters. The zero-order chi connectivity index (χ0) is 27.1. The van der Waals surface area contributed by atoms with E-state index in [1.54, 1.807) is 11.0 Å². The minimum Gasteiger partial charge on any atom is -0.493 e. The van der Waals surface area contributed by atoms with Crippen molar-refractivity contribution in [1.82, 2.24) is 4.90 Å². The highest BCUT2D eigenvalue weighted by Gasteiger charge is 2.32. The Kier molecular flexibility index (Phi) is 10.2. The fourth-order valence-corrected chi connectivity index (χ4v) is 4.76. The molecule has 2 aromatic carbocycles. The van der Waals surface area contributed by atoms with Gasteiger partial charge in [0.25, 0.3) is 0 Å². The van der Waals surface area contributed by atoms with E-state index in [1.807, 2.05) is 20.8 Å². The third-order valence-electron chi connectivity index (χ3n) is 5.89. The molecule has 0 fully saturated rings. The molecular formula is C26H34F3NO5S. The van der Waals surface area contributed by atoms with Crippen molar-refractivity contribution in [2.75, 3.05) is 7.11 Å². The van der Waals surface area contributed by atoms with Crippen LogP contribution < -0.4 is 8.92 Å². The first kappa shape index (κ1) is 29.5. The van der Waals surface area contributed by atoms with E-state index in [9.17, 15) is 26.4 Å². The van der Waals surface area contributed by atoms with Crippen LogP contribution in [0.25, 0.3) is 0 Å². The van der Waals surface area contributed by atoms with Gasteiger partial charge in [0.05, 0.1) is 12.7 Å². The van der Waals surface area contributed by atoms with Crippen molar-refractivity contribution in [1.29, 1.82) is 0 Å². The number of rotatable bonds is 12. The van der Waals surface area contributed by atoms with Crippen LogP contribution in [0.4, 0.5) is 13.2 Å². The van der Waals surface area contributed by atoms with E-state index in [4.69, 9.17) is 8.92 Å². The van der Waals surface area contributed by atoms with Crippen LogP contribution in [0.3, 0.4) is 0 Å². The number of hydrogen-bond donors (Lipinski definition) is 0. The fourth-order valence-electron chi connectivity index (χ4n) is 3.78. The summed E-state index contributed by atoms with van der Waals surface area (Å²) in [5, 5.41) is 0. The summed E-state index contributed by atoms with van der Waals surface area (Å²) in [7, 11) is -3.27. The van der Waals surface area contributed by atoms with Crippen molar-refractivity contribution in [3.05, 3.63) is 53.6 Å². The largest absolute Gasteiger partial charge is 0.493 e. The normalized spacial score (nSPS) is 12.9. The zero-order valence-corrected chi connectivity index (χ0v) is 22.1. The minimum absolute atomic E-state index is 0.0239. The Hall–Kier alpha value is -2.75. The van der Waals surface area contributed by atoms with E-state index in [1.165, 1.54) is 19.2 Å². The summed E-state index contributed by atoms with van der Waals surface area (Å²) in [5.41, 5.74) is -0.509. The highest BCUT2D eigenvalue weighted by atomic mass is 32.2. The zero-order valence-electron chi connectivity index (χ0n) is 21.3. The molecule has 0 spiro atoms. The molecule has 1 atom stereocenters. The number of benzene rings is 2. The number of alkyl halides is 3. The summed E-state index contributed by atoms with van der Waals surface area (Å²) in [4.78, 5) is 14.3. The quantitative estimate of drug-likeness (QED) is 0.296. The minimum atomic E-state index is -4.70. The van der Waals surface area contributed by atoms with Gasteiger partial charge in [0.15, 0.2) is 11.5 Å². The lowest BCUT2D eigenvalue weighted by molar-refractivity contribution is -0.139. The van der Waals surface area contributed by atoms with E-state index >= 15 is 0 Å².